The lowest BCUT2D eigenvalue weighted by Crippen LogP contribution is -2.35. The van der Waals surface area contributed by atoms with Crippen molar-refractivity contribution in [2.75, 3.05) is 13.1 Å². The number of carbonyl (C=O) groups excluding carboxylic acids is 1. The molecule has 9 heteroatoms. The Hall–Kier alpha value is -2.39. The molecule has 0 aliphatic heterocycles. The van der Waals surface area contributed by atoms with E-state index in [1.807, 2.05) is 0 Å². The summed E-state index contributed by atoms with van der Waals surface area (Å²) in [4.78, 5) is 10.9. The van der Waals surface area contributed by atoms with E-state index in [0.29, 0.717) is 11.6 Å². The average molecular weight is 372 g/mol. The highest BCUT2D eigenvalue weighted by Crippen LogP contribution is 2.33. The van der Waals surface area contributed by atoms with Gasteiger partial charge in [-0.3, -0.25) is 4.79 Å². The van der Waals surface area contributed by atoms with Gasteiger partial charge in [-0.2, -0.15) is 13.2 Å². The van der Waals surface area contributed by atoms with Gasteiger partial charge < -0.3 is 5.32 Å². The molecule has 0 aliphatic rings. The topological polar surface area (TPSA) is 75.3 Å². The number of carbonyl (C=O) groups is 1. The van der Waals surface area contributed by atoms with Crippen LogP contribution in [0.25, 0.3) is 0 Å². The van der Waals surface area contributed by atoms with Crippen LogP contribution in [0.1, 0.15) is 15.9 Å². The Morgan fingerprint density at radius 1 is 0.920 bits per heavy atom. The maximum atomic E-state index is 12.9. The van der Waals surface area contributed by atoms with Crippen LogP contribution in [0.5, 0.6) is 0 Å². The third kappa shape index (κ3) is 5.04. The molecular formula is C16H15F3N2O3S. The molecule has 2 aromatic rings. The summed E-state index contributed by atoms with van der Waals surface area (Å²) in [6.07, 6.45) is -4.78. The fourth-order valence-electron chi connectivity index (χ4n) is 2.07. The molecule has 0 bridgehead atoms. The Kier molecular flexibility index (Phi) is 5.81. The number of alkyl halides is 3. The third-order valence-corrected chi connectivity index (χ3v) is 4.74. The summed E-state index contributed by atoms with van der Waals surface area (Å²) in [5.74, 6) is -0.407. The molecule has 0 saturated carbocycles. The van der Waals surface area contributed by atoms with Gasteiger partial charge in [0.2, 0.25) is 10.0 Å². The smallest absolute Gasteiger partial charge is 0.351 e. The van der Waals surface area contributed by atoms with Gasteiger partial charge in [-0.25, -0.2) is 13.1 Å². The van der Waals surface area contributed by atoms with Gasteiger partial charge in [-0.05, 0) is 24.3 Å². The molecule has 5 nitrogen and oxygen atoms in total. The molecule has 0 aliphatic carbocycles. The molecule has 0 spiro atoms. The molecule has 0 saturated heterocycles. The molecule has 0 heterocycles. The van der Waals surface area contributed by atoms with Crippen molar-refractivity contribution in [3.63, 3.8) is 0 Å². The lowest BCUT2D eigenvalue weighted by molar-refractivity contribution is -0.139. The Balaban J connectivity index is 1.98. The van der Waals surface area contributed by atoms with Crippen LogP contribution < -0.4 is 10.0 Å². The molecule has 134 valence electrons. The van der Waals surface area contributed by atoms with Crippen LogP contribution in [-0.4, -0.2) is 27.4 Å². The molecule has 0 unspecified atom stereocenters. The lowest BCUT2D eigenvalue weighted by Gasteiger charge is -2.13. The van der Waals surface area contributed by atoms with Crippen molar-refractivity contribution < 1.29 is 26.4 Å². The predicted octanol–water partition coefficient (Wildman–Crippen LogP) is 2.41. The zero-order valence-electron chi connectivity index (χ0n) is 12.9. The van der Waals surface area contributed by atoms with Crippen LogP contribution in [-0.2, 0) is 16.2 Å². The largest absolute Gasteiger partial charge is 0.417 e. The highest BCUT2D eigenvalue weighted by molar-refractivity contribution is 7.89. The number of hydrogen-bond donors (Lipinski definition) is 2. The molecule has 0 radical (unpaired) electrons. The fraction of sp³-hybridized carbons (Fsp3) is 0.188. The van der Waals surface area contributed by atoms with Crippen molar-refractivity contribution in [3.05, 3.63) is 65.7 Å². The minimum absolute atomic E-state index is 0.0683. The number of rotatable bonds is 6. The Bertz CT molecular complexity index is 837. The molecule has 0 fully saturated rings. The molecule has 25 heavy (non-hydrogen) atoms. The van der Waals surface area contributed by atoms with Crippen molar-refractivity contribution in [2.45, 2.75) is 11.1 Å². The second kappa shape index (κ2) is 7.66. The highest BCUT2D eigenvalue weighted by Gasteiger charge is 2.36. The summed E-state index contributed by atoms with van der Waals surface area (Å²) in [6.45, 7) is -0.311. The van der Waals surface area contributed by atoms with E-state index in [1.165, 1.54) is 6.07 Å². The quantitative estimate of drug-likeness (QED) is 0.765. The zero-order chi connectivity index (χ0) is 18.5. The van der Waals surface area contributed by atoms with E-state index < -0.39 is 32.6 Å². The summed E-state index contributed by atoms with van der Waals surface area (Å²) in [6, 6.07) is 12.2. The van der Waals surface area contributed by atoms with Crippen molar-refractivity contribution in [1.82, 2.24) is 10.0 Å². The molecule has 2 rings (SSSR count). The maximum absolute atomic E-state index is 12.9. The van der Waals surface area contributed by atoms with Crippen LogP contribution >= 0.6 is 0 Å². The summed E-state index contributed by atoms with van der Waals surface area (Å²) >= 11 is 0. The molecule has 0 aromatic heterocycles. The Morgan fingerprint density at radius 2 is 1.52 bits per heavy atom. The zero-order valence-corrected chi connectivity index (χ0v) is 13.7. The van der Waals surface area contributed by atoms with Crippen LogP contribution in [0.4, 0.5) is 13.2 Å². The van der Waals surface area contributed by atoms with Gasteiger partial charge in [-0.15, -0.1) is 0 Å². The van der Waals surface area contributed by atoms with Crippen molar-refractivity contribution in [2.24, 2.45) is 0 Å². The first-order chi connectivity index (χ1) is 11.7. The Morgan fingerprint density at radius 3 is 2.16 bits per heavy atom. The molecule has 1 amide bonds. The van der Waals surface area contributed by atoms with E-state index in [0.717, 1.165) is 12.1 Å². The van der Waals surface area contributed by atoms with Gasteiger partial charge in [0.1, 0.15) is 0 Å². The minimum atomic E-state index is -4.78. The van der Waals surface area contributed by atoms with E-state index in [1.54, 1.807) is 30.3 Å². The fourth-order valence-corrected chi connectivity index (χ4v) is 3.32. The van der Waals surface area contributed by atoms with Gasteiger partial charge in [0.05, 0.1) is 10.5 Å². The van der Waals surface area contributed by atoms with Crippen LogP contribution in [0.15, 0.2) is 59.5 Å². The number of halogens is 3. The van der Waals surface area contributed by atoms with Gasteiger partial charge in [0.15, 0.2) is 0 Å². The SMILES string of the molecule is O=C(NCCNS(=O)(=O)c1ccccc1C(F)(F)F)c1ccccc1. The highest BCUT2D eigenvalue weighted by atomic mass is 32.2. The van der Waals surface area contributed by atoms with E-state index in [4.69, 9.17) is 0 Å². The maximum Gasteiger partial charge on any atom is 0.417 e. The first-order valence-corrected chi connectivity index (χ1v) is 8.69. The normalized spacial score (nSPS) is 12.0. The lowest BCUT2D eigenvalue weighted by atomic mass is 10.2. The second-order valence-electron chi connectivity index (χ2n) is 5.01. The van der Waals surface area contributed by atoms with E-state index in [2.05, 4.69) is 10.0 Å². The van der Waals surface area contributed by atoms with E-state index in [-0.39, 0.29) is 13.1 Å². The van der Waals surface area contributed by atoms with Gasteiger partial charge >= 0.3 is 6.18 Å². The van der Waals surface area contributed by atoms with Crippen LogP contribution in [0.3, 0.4) is 0 Å². The van der Waals surface area contributed by atoms with Crippen LogP contribution in [0.2, 0.25) is 0 Å². The number of sulfonamides is 1. The van der Waals surface area contributed by atoms with Gasteiger partial charge in [0.25, 0.3) is 5.91 Å². The van der Waals surface area contributed by atoms with Crippen molar-refractivity contribution in [3.8, 4) is 0 Å². The number of nitrogens with one attached hydrogen (secondary N) is 2. The second-order valence-corrected chi connectivity index (χ2v) is 6.75. The monoisotopic (exact) mass is 372 g/mol. The average Bonchev–Trinajstić information content (AvgIpc) is 2.58. The van der Waals surface area contributed by atoms with E-state index in [9.17, 15) is 26.4 Å². The first-order valence-electron chi connectivity index (χ1n) is 7.21. The number of benzene rings is 2. The van der Waals surface area contributed by atoms with Gasteiger partial charge in [-0.1, -0.05) is 30.3 Å². The number of hydrogen-bond acceptors (Lipinski definition) is 3. The molecule has 0 atom stereocenters. The van der Waals surface area contributed by atoms with Gasteiger partial charge in [0, 0.05) is 18.7 Å². The first kappa shape index (κ1) is 18.9. The summed E-state index contributed by atoms with van der Waals surface area (Å²) < 4.78 is 65.0. The molecule has 2 aromatic carbocycles. The minimum Gasteiger partial charge on any atom is -0.351 e. The standard InChI is InChI=1S/C16H15F3N2O3S/c17-16(18,19)13-8-4-5-9-14(13)25(23,24)21-11-10-20-15(22)12-6-2-1-3-7-12/h1-9,21H,10-11H2,(H,20,22). The summed E-state index contributed by atoms with van der Waals surface area (Å²) in [5.41, 5.74) is -0.844. The summed E-state index contributed by atoms with van der Waals surface area (Å²) in [7, 11) is -4.36. The van der Waals surface area contributed by atoms with Crippen LogP contribution in [0, 0.1) is 0 Å². The Labute approximate surface area is 142 Å². The van der Waals surface area contributed by atoms with Crippen molar-refractivity contribution >= 4 is 15.9 Å². The molecule has 2 N–H and O–H groups in total. The number of amides is 1. The predicted molar refractivity (Wildman–Crippen MR) is 85.4 cm³/mol. The summed E-state index contributed by atoms with van der Waals surface area (Å²) in [5, 5.41) is 2.48. The van der Waals surface area contributed by atoms with Crippen molar-refractivity contribution in [1.29, 1.82) is 0 Å². The third-order valence-electron chi connectivity index (χ3n) is 3.22. The van der Waals surface area contributed by atoms with E-state index >= 15 is 0 Å². The molecular weight excluding hydrogens is 357 g/mol.